The van der Waals surface area contributed by atoms with Crippen molar-refractivity contribution in [3.8, 4) is 0 Å². The molecule has 1 aromatic heterocycles. The van der Waals surface area contributed by atoms with Crippen LogP contribution in [0.25, 0.3) is 10.9 Å². The number of aromatic nitrogens is 1. The van der Waals surface area contributed by atoms with Gasteiger partial charge in [-0.05, 0) is 55.6 Å². The van der Waals surface area contributed by atoms with Gasteiger partial charge in [0.25, 0.3) is 0 Å². The SMILES string of the molecule is Cc1cccc(NC(=O)CNCCc2c[nH]c3ccccc23)c1C. The van der Waals surface area contributed by atoms with E-state index in [1.54, 1.807) is 0 Å². The fourth-order valence-electron chi connectivity index (χ4n) is 2.84. The van der Waals surface area contributed by atoms with Crippen molar-refractivity contribution in [3.05, 3.63) is 65.4 Å². The van der Waals surface area contributed by atoms with Gasteiger partial charge in [-0.3, -0.25) is 4.79 Å². The third kappa shape index (κ3) is 3.66. The molecule has 0 aliphatic heterocycles. The highest BCUT2D eigenvalue weighted by Crippen LogP contribution is 2.18. The van der Waals surface area contributed by atoms with Gasteiger partial charge in [0.1, 0.15) is 0 Å². The molecule has 2 aromatic carbocycles. The average Bonchev–Trinajstić information content (AvgIpc) is 2.99. The number of nitrogens with one attached hydrogen (secondary N) is 3. The summed E-state index contributed by atoms with van der Waals surface area (Å²) in [6.07, 6.45) is 2.93. The van der Waals surface area contributed by atoms with Crippen molar-refractivity contribution in [2.45, 2.75) is 20.3 Å². The van der Waals surface area contributed by atoms with Crippen molar-refractivity contribution < 1.29 is 4.79 Å². The van der Waals surface area contributed by atoms with E-state index in [4.69, 9.17) is 0 Å². The van der Waals surface area contributed by atoms with Crippen molar-refractivity contribution in [1.82, 2.24) is 10.3 Å². The van der Waals surface area contributed by atoms with E-state index >= 15 is 0 Å². The standard InChI is InChI=1S/C20H23N3O/c1-14-6-5-9-18(15(14)2)23-20(24)13-21-11-10-16-12-22-19-8-4-3-7-17(16)19/h3-9,12,21-22H,10-11,13H2,1-2H3,(H,23,24). The molecular formula is C20H23N3O. The van der Waals surface area contributed by atoms with E-state index in [0.717, 1.165) is 29.7 Å². The van der Waals surface area contributed by atoms with Crippen molar-refractivity contribution >= 4 is 22.5 Å². The molecule has 0 radical (unpaired) electrons. The van der Waals surface area contributed by atoms with Crippen LogP contribution in [0.1, 0.15) is 16.7 Å². The Kier molecular flexibility index (Phi) is 4.96. The van der Waals surface area contributed by atoms with Gasteiger partial charge in [0, 0.05) is 22.8 Å². The molecule has 3 aromatic rings. The normalized spacial score (nSPS) is 10.9. The highest BCUT2D eigenvalue weighted by molar-refractivity contribution is 5.93. The van der Waals surface area contributed by atoms with Crippen LogP contribution in [0, 0.1) is 13.8 Å². The van der Waals surface area contributed by atoms with Gasteiger partial charge in [-0.25, -0.2) is 0 Å². The lowest BCUT2D eigenvalue weighted by Crippen LogP contribution is -2.29. The number of rotatable bonds is 6. The molecule has 4 nitrogen and oxygen atoms in total. The number of fused-ring (bicyclic) bond motifs is 1. The summed E-state index contributed by atoms with van der Waals surface area (Å²) in [5.74, 6) is -0.0115. The highest BCUT2D eigenvalue weighted by Gasteiger charge is 2.06. The predicted molar refractivity (Wildman–Crippen MR) is 99.4 cm³/mol. The third-order valence-corrected chi connectivity index (χ3v) is 4.41. The van der Waals surface area contributed by atoms with Crippen LogP contribution < -0.4 is 10.6 Å². The molecule has 0 atom stereocenters. The number of aryl methyl sites for hydroxylation is 1. The molecule has 4 heteroatoms. The Morgan fingerprint density at radius 2 is 1.92 bits per heavy atom. The summed E-state index contributed by atoms with van der Waals surface area (Å²) in [4.78, 5) is 15.3. The molecule has 124 valence electrons. The van der Waals surface area contributed by atoms with E-state index in [2.05, 4.69) is 27.8 Å². The molecule has 0 saturated carbocycles. The Morgan fingerprint density at radius 3 is 2.79 bits per heavy atom. The predicted octanol–water partition coefficient (Wildman–Crippen LogP) is 3.56. The second-order valence-electron chi connectivity index (χ2n) is 6.08. The van der Waals surface area contributed by atoms with Gasteiger partial charge in [0.2, 0.25) is 5.91 Å². The summed E-state index contributed by atoms with van der Waals surface area (Å²) < 4.78 is 0. The minimum Gasteiger partial charge on any atom is -0.361 e. The van der Waals surface area contributed by atoms with E-state index < -0.39 is 0 Å². The van der Waals surface area contributed by atoms with Crippen LogP contribution in [0.3, 0.4) is 0 Å². The van der Waals surface area contributed by atoms with Crippen LogP contribution in [-0.2, 0) is 11.2 Å². The molecule has 0 saturated heterocycles. The molecule has 3 N–H and O–H groups in total. The molecule has 24 heavy (non-hydrogen) atoms. The van der Waals surface area contributed by atoms with E-state index in [0.29, 0.717) is 6.54 Å². The van der Waals surface area contributed by atoms with Gasteiger partial charge < -0.3 is 15.6 Å². The Morgan fingerprint density at radius 1 is 1.08 bits per heavy atom. The van der Waals surface area contributed by atoms with Crippen molar-refractivity contribution in [3.63, 3.8) is 0 Å². The zero-order chi connectivity index (χ0) is 16.9. The van der Waals surface area contributed by atoms with Gasteiger partial charge in [0.05, 0.1) is 6.54 Å². The first-order chi connectivity index (χ1) is 11.6. The number of benzene rings is 2. The Balaban J connectivity index is 1.48. The highest BCUT2D eigenvalue weighted by atomic mass is 16.1. The van der Waals surface area contributed by atoms with E-state index in [1.807, 2.05) is 50.4 Å². The molecule has 0 aliphatic carbocycles. The summed E-state index contributed by atoms with van der Waals surface area (Å²) in [5.41, 5.74) is 5.61. The van der Waals surface area contributed by atoms with Gasteiger partial charge >= 0.3 is 0 Å². The van der Waals surface area contributed by atoms with Crippen LogP contribution in [-0.4, -0.2) is 24.0 Å². The molecular weight excluding hydrogens is 298 g/mol. The Labute approximate surface area is 142 Å². The fraction of sp³-hybridized carbons (Fsp3) is 0.250. The number of hydrogen-bond acceptors (Lipinski definition) is 2. The van der Waals surface area contributed by atoms with Crippen molar-refractivity contribution in [2.24, 2.45) is 0 Å². The molecule has 3 rings (SSSR count). The second kappa shape index (κ2) is 7.32. The summed E-state index contributed by atoms with van der Waals surface area (Å²) >= 11 is 0. The Hall–Kier alpha value is -2.59. The summed E-state index contributed by atoms with van der Waals surface area (Å²) in [7, 11) is 0. The van der Waals surface area contributed by atoms with Crippen molar-refractivity contribution in [2.75, 3.05) is 18.4 Å². The number of carbonyl (C=O) groups excluding carboxylic acids is 1. The molecule has 1 amide bonds. The van der Waals surface area contributed by atoms with Crippen LogP contribution in [0.2, 0.25) is 0 Å². The first kappa shape index (κ1) is 16.3. The fourth-order valence-corrected chi connectivity index (χ4v) is 2.84. The number of amides is 1. The topological polar surface area (TPSA) is 56.9 Å². The number of H-pyrrole nitrogens is 1. The van der Waals surface area contributed by atoms with E-state index in [9.17, 15) is 4.79 Å². The number of aromatic amines is 1. The molecule has 0 spiro atoms. The van der Waals surface area contributed by atoms with Crippen LogP contribution >= 0.6 is 0 Å². The Bertz CT molecular complexity index is 851. The smallest absolute Gasteiger partial charge is 0.238 e. The summed E-state index contributed by atoms with van der Waals surface area (Å²) in [6, 6.07) is 14.2. The van der Waals surface area contributed by atoms with Gasteiger partial charge in [-0.15, -0.1) is 0 Å². The van der Waals surface area contributed by atoms with Gasteiger partial charge in [0.15, 0.2) is 0 Å². The molecule has 1 heterocycles. The number of para-hydroxylation sites is 1. The number of carbonyl (C=O) groups is 1. The number of anilines is 1. The van der Waals surface area contributed by atoms with Crippen LogP contribution in [0.5, 0.6) is 0 Å². The minimum atomic E-state index is -0.0115. The quantitative estimate of drug-likeness (QED) is 0.608. The minimum absolute atomic E-state index is 0.0115. The summed E-state index contributed by atoms with van der Waals surface area (Å²) in [5, 5.41) is 7.43. The second-order valence-corrected chi connectivity index (χ2v) is 6.08. The van der Waals surface area contributed by atoms with E-state index in [-0.39, 0.29) is 5.91 Å². The lowest BCUT2D eigenvalue weighted by molar-refractivity contribution is -0.115. The maximum Gasteiger partial charge on any atom is 0.238 e. The van der Waals surface area contributed by atoms with Crippen LogP contribution in [0.4, 0.5) is 5.69 Å². The molecule has 0 unspecified atom stereocenters. The zero-order valence-corrected chi connectivity index (χ0v) is 14.1. The average molecular weight is 321 g/mol. The first-order valence-corrected chi connectivity index (χ1v) is 8.27. The van der Waals surface area contributed by atoms with Crippen molar-refractivity contribution in [1.29, 1.82) is 0 Å². The van der Waals surface area contributed by atoms with Gasteiger partial charge in [-0.1, -0.05) is 30.3 Å². The maximum absolute atomic E-state index is 12.1. The van der Waals surface area contributed by atoms with Crippen LogP contribution in [0.15, 0.2) is 48.7 Å². The largest absolute Gasteiger partial charge is 0.361 e. The number of hydrogen-bond donors (Lipinski definition) is 3. The lowest BCUT2D eigenvalue weighted by atomic mass is 10.1. The lowest BCUT2D eigenvalue weighted by Gasteiger charge is -2.10. The third-order valence-electron chi connectivity index (χ3n) is 4.41. The molecule has 0 fully saturated rings. The maximum atomic E-state index is 12.1. The van der Waals surface area contributed by atoms with Gasteiger partial charge in [-0.2, -0.15) is 0 Å². The summed E-state index contributed by atoms with van der Waals surface area (Å²) in [6.45, 7) is 5.15. The molecule has 0 aliphatic rings. The van der Waals surface area contributed by atoms with E-state index in [1.165, 1.54) is 16.5 Å². The zero-order valence-electron chi connectivity index (χ0n) is 14.1. The first-order valence-electron chi connectivity index (χ1n) is 8.27. The molecule has 0 bridgehead atoms. The monoisotopic (exact) mass is 321 g/mol.